The maximum Gasteiger partial charge on any atom is 0.228 e. The Balaban J connectivity index is 1.58. The summed E-state index contributed by atoms with van der Waals surface area (Å²) < 4.78 is 1.78. The zero-order chi connectivity index (χ0) is 16.8. The van der Waals surface area contributed by atoms with Crippen molar-refractivity contribution < 1.29 is 9.90 Å². The van der Waals surface area contributed by atoms with Crippen LogP contribution in [0.1, 0.15) is 11.1 Å². The summed E-state index contributed by atoms with van der Waals surface area (Å²) in [4.78, 5) is 12.1. The van der Waals surface area contributed by atoms with Crippen molar-refractivity contribution in [2.75, 3.05) is 11.9 Å². The molecule has 0 aliphatic rings. The van der Waals surface area contributed by atoms with Crippen LogP contribution in [0.2, 0.25) is 0 Å². The monoisotopic (exact) mass is 321 g/mol. The molecule has 2 N–H and O–H groups in total. The summed E-state index contributed by atoms with van der Waals surface area (Å²) in [7, 11) is 0. The third-order valence-electron chi connectivity index (χ3n) is 3.71. The smallest absolute Gasteiger partial charge is 0.228 e. The molecule has 0 radical (unpaired) electrons. The molecule has 24 heavy (non-hydrogen) atoms. The number of aliphatic hydroxyl groups is 1. The Morgan fingerprint density at radius 2 is 1.75 bits per heavy atom. The molecule has 1 heterocycles. The van der Waals surface area contributed by atoms with E-state index in [4.69, 9.17) is 5.11 Å². The second kappa shape index (κ2) is 7.57. The van der Waals surface area contributed by atoms with Gasteiger partial charge in [0.25, 0.3) is 0 Å². The lowest BCUT2D eigenvalue weighted by molar-refractivity contribution is -0.115. The summed E-state index contributed by atoms with van der Waals surface area (Å²) in [6.07, 6.45) is 4.55. The van der Waals surface area contributed by atoms with E-state index < -0.39 is 0 Å². The lowest BCUT2D eigenvalue weighted by Crippen LogP contribution is -2.14. The molecule has 0 saturated carbocycles. The van der Waals surface area contributed by atoms with E-state index in [0.717, 1.165) is 22.5 Å². The molecule has 5 nitrogen and oxygen atoms in total. The summed E-state index contributed by atoms with van der Waals surface area (Å²) in [5.74, 6) is -0.0586. The third kappa shape index (κ3) is 4.08. The van der Waals surface area contributed by atoms with Gasteiger partial charge in [-0.1, -0.05) is 24.3 Å². The fraction of sp³-hybridized carbons (Fsp3) is 0.158. The first kappa shape index (κ1) is 16.0. The Kier molecular flexibility index (Phi) is 5.03. The molecule has 3 rings (SSSR count). The molecule has 1 aromatic heterocycles. The molecule has 0 unspecified atom stereocenters. The van der Waals surface area contributed by atoms with Crippen LogP contribution in [-0.4, -0.2) is 27.4 Å². The Labute approximate surface area is 140 Å². The molecule has 3 aromatic rings. The van der Waals surface area contributed by atoms with E-state index in [2.05, 4.69) is 10.4 Å². The van der Waals surface area contributed by atoms with Crippen LogP contribution in [0.5, 0.6) is 0 Å². The van der Waals surface area contributed by atoms with Crippen molar-refractivity contribution in [2.24, 2.45) is 0 Å². The summed E-state index contributed by atoms with van der Waals surface area (Å²) in [5.41, 5.74) is 3.71. The van der Waals surface area contributed by atoms with Crippen molar-refractivity contribution in [1.82, 2.24) is 9.78 Å². The summed E-state index contributed by atoms with van der Waals surface area (Å²) >= 11 is 0. The minimum absolute atomic E-state index is 0.0586. The first-order chi connectivity index (χ1) is 11.7. The highest BCUT2D eigenvalue weighted by atomic mass is 16.3. The average Bonchev–Trinajstić information content (AvgIpc) is 3.12. The number of hydrogen-bond donors (Lipinski definition) is 2. The number of nitrogens with zero attached hydrogens (tertiary/aromatic N) is 2. The van der Waals surface area contributed by atoms with Gasteiger partial charge in [-0.25, -0.2) is 4.68 Å². The molecule has 0 spiro atoms. The number of hydrogen-bond acceptors (Lipinski definition) is 3. The first-order valence-corrected chi connectivity index (χ1v) is 7.83. The van der Waals surface area contributed by atoms with Crippen LogP contribution in [0.4, 0.5) is 5.69 Å². The second-order valence-corrected chi connectivity index (χ2v) is 5.51. The molecule has 0 fully saturated rings. The van der Waals surface area contributed by atoms with Gasteiger partial charge < -0.3 is 10.4 Å². The zero-order valence-electron chi connectivity index (χ0n) is 13.2. The minimum Gasteiger partial charge on any atom is -0.396 e. The fourth-order valence-corrected chi connectivity index (χ4v) is 2.46. The van der Waals surface area contributed by atoms with E-state index in [-0.39, 0.29) is 12.5 Å². The topological polar surface area (TPSA) is 67.2 Å². The lowest BCUT2D eigenvalue weighted by Gasteiger charge is -2.07. The lowest BCUT2D eigenvalue weighted by atomic mass is 10.1. The van der Waals surface area contributed by atoms with Crippen LogP contribution in [-0.2, 0) is 17.6 Å². The maximum atomic E-state index is 12.1. The van der Waals surface area contributed by atoms with E-state index >= 15 is 0 Å². The van der Waals surface area contributed by atoms with Gasteiger partial charge in [0.15, 0.2) is 0 Å². The van der Waals surface area contributed by atoms with E-state index in [1.807, 2.05) is 60.8 Å². The van der Waals surface area contributed by atoms with E-state index in [0.29, 0.717) is 12.8 Å². The highest BCUT2D eigenvalue weighted by Crippen LogP contribution is 2.12. The van der Waals surface area contributed by atoms with Crippen LogP contribution >= 0.6 is 0 Å². The predicted molar refractivity (Wildman–Crippen MR) is 93.1 cm³/mol. The largest absolute Gasteiger partial charge is 0.396 e. The molecule has 2 aromatic carbocycles. The quantitative estimate of drug-likeness (QED) is 0.733. The van der Waals surface area contributed by atoms with Gasteiger partial charge in [0.2, 0.25) is 5.91 Å². The third-order valence-corrected chi connectivity index (χ3v) is 3.71. The van der Waals surface area contributed by atoms with E-state index in [1.165, 1.54) is 0 Å². The molecule has 0 aliphatic heterocycles. The van der Waals surface area contributed by atoms with Crippen molar-refractivity contribution in [3.8, 4) is 5.69 Å². The molecule has 5 heteroatoms. The number of rotatable bonds is 6. The summed E-state index contributed by atoms with van der Waals surface area (Å²) in [6.45, 7) is 0.125. The number of aromatic nitrogens is 2. The van der Waals surface area contributed by atoms with Crippen LogP contribution in [0.25, 0.3) is 5.69 Å². The minimum atomic E-state index is -0.0586. The Morgan fingerprint density at radius 1 is 1.04 bits per heavy atom. The van der Waals surface area contributed by atoms with E-state index in [1.54, 1.807) is 10.9 Å². The predicted octanol–water partition coefficient (Wildman–Crippen LogP) is 2.59. The highest BCUT2D eigenvalue weighted by Gasteiger charge is 2.05. The standard InChI is InChI=1S/C19H19N3O2/c23-13-10-15-2-6-17(7-3-15)21-19(24)14-16-4-8-18(9-5-16)22-12-1-11-20-22/h1-9,11-12,23H,10,13-14H2,(H,21,24). The molecule has 1 amide bonds. The molecule has 0 bridgehead atoms. The Morgan fingerprint density at radius 3 is 2.38 bits per heavy atom. The Bertz CT molecular complexity index is 778. The van der Waals surface area contributed by atoms with Gasteiger partial charge >= 0.3 is 0 Å². The maximum absolute atomic E-state index is 12.1. The first-order valence-electron chi connectivity index (χ1n) is 7.83. The number of amides is 1. The van der Waals surface area contributed by atoms with Crippen LogP contribution in [0, 0.1) is 0 Å². The molecule has 0 atom stereocenters. The number of carbonyl (C=O) groups excluding carboxylic acids is 1. The molecular weight excluding hydrogens is 302 g/mol. The number of anilines is 1. The van der Waals surface area contributed by atoms with Crippen molar-refractivity contribution in [3.63, 3.8) is 0 Å². The SMILES string of the molecule is O=C(Cc1ccc(-n2cccn2)cc1)Nc1ccc(CCO)cc1. The van der Waals surface area contributed by atoms with Gasteiger partial charge in [-0.3, -0.25) is 4.79 Å². The van der Waals surface area contributed by atoms with Gasteiger partial charge in [-0.05, 0) is 47.9 Å². The van der Waals surface area contributed by atoms with Gasteiger partial charge in [-0.15, -0.1) is 0 Å². The number of carbonyl (C=O) groups is 1. The summed E-state index contributed by atoms with van der Waals surface area (Å²) in [6, 6.07) is 17.1. The number of aliphatic hydroxyl groups excluding tert-OH is 1. The average molecular weight is 321 g/mol. The molecule has 0 saturated heterocycles. The summed E-state index contributed by atoms with van der Waals surface area (Å²) in [5, 5.41) is 16.0. The van der Waals surface area contributed by atoms with Crippen molar-refractivity contribution in [3.05, 3.63) is 78.1 Å². The Hall–Kier alpha value is -2.92. The van der Waals surface area contributed by atoms with Gasteiger partial charge in [0, 0.05) is 24.7 Å². The van der Waals surface area contributed by atoms with Gasteiger partial charge in [-0.2, -0.15) is 5.10 Å². The van der Waals surface area contributed by atoms with Gasteiger partial charge in [0.1, 0.15) is 0 Å². The second-order valence-electron chi connectivity index (χ2n) is 5.51. The van der Waals surface area contributed by atoms with Crippen molar-refractivity contribution >= 4 is 11.6 Å². The molecule has 0 aliphatic carbocycles. The van der Waals surface area contributed by atoms with Crippen molar-refractivity contribution in [1.29, 1.82) is 0 Å². The van der Waals surface area contributed by atoms with Crippen molar-refractivity contribution in [2.45, 2.75) is 12.8 Å². The number of benzene rings is 2. The fourth-order valence-electron chi connectivity index (χ4n) is 2.46. The van der Waals surface area contributed by atoms with Gasteiger partial charge in [0.05, 0.1) is 12.1 Å². The normalized spacial score (nSPS) is 10.5. The molecule has 122 valence electrons. The number of nitrogens with one attached hydrogen (secondary N) is 1. The van der Waals surface area contributed by atoms with Crippen LogP contribution in [0.3, 0.4) is 0 Å². The highest BCUT2D eigenvalue weighted by molar-refractivity contribution is 5.92. The van der Waals surface area contributed by atoms with Crippen LogP contribution < -0.4 is 5.32 Å². The van der Waals surface area contributed by atoms with E-state index in [9.17, 15) is 4.79 Å². The molecular formula is C19H19N3O2. The zero-order valence-corrected chi connectivity index (χ0v) is 13.2. The van der Waals surface area contributed by atoms with Crippen LogP contribution in [0.15, 0.2) is 67.0 Å².